The molecule has 0 aliphatic heterocycles. The summed E-state index contributed by atoms with van der Waals surface area (Å²) in [7, 11) is 3.59. The zero-order valence-electron chi connectivity index (χ0n) is 15.2. The number of rotatable bonds is 7. The molecule has 0 radical (unpaired) electrons. The van der Waals surface area contributed by atoms with Gasteiger partial charge in [-0.25, -0.2) is 4.39 Å². The normalized spacial score (nSPS) is 10.5. The molecule has 7 heteroatoms. The van der Waals surface area contributed by atoms with E-state index in [-0.39, 0.29) is 30.7 Å². The number of nitrogens with one attached hydrogen (secondary N) is 1. The molecule has 0 saturated heterocycles. The Morgan fingerprint density at radius 3 is 2.63 bits per heavy atom. The Labute approximate surface area is 168 Å². The van der Waals surface area contributed by atoms with E-state index >= 15 is 0 Å². The predicted molar refractivity (Wildman–Crippen MR) is 111 cm³/mol. The predicted octanol–water partition coefficient (Wildman–Crippen LogP) is 4.33. The van der Waals surface area contributed by atoms with Gasteiger partial charge in [0.1, 0.15) is 18.2 Å². The van der Waals surface area contributed by atoms with Crippen molar-refractivity contribution in [2.24, 2.45) is 0 Å². The molecule has 1 N–H and O–H groups in total. The number of fused-ring (bicyclic) bond motifs is 1. The number of para-hydroxylation sites is 1. The third-order valence-electron chi connectivity index (χ3n) is 4.13. The summed E-state index contributed by atoms with van der Waals surface area (Å²) in [6.45, 7) is 1.41. The maximum atomic E-state index is 14.5. The summed E-state index contributed by atoms with van der Waals surface area (Å²) >= 11 is 1.31. The molecular weight excluding hydrogens is 387 g/mol. The van der Waals surface area contributed by atoms with Gasteiger partial charge in [-0.05, 0) is 31.3 Å². The molecule has 0 spiro atoms. The number of carbonyl (C=O) groups excluding carboxylic acids is 1. The van der Waals surface area contributed by atoms with E-state index in [1.807, 2.05) is 43.4 Å². The monoisotopic (exact) mass is 408 g/mol. The molecule has 3 rings (SSSR count). The highest BCUT2D eigenvalue weighted by Gasteiger charge is 2.23. The lowest BCUT2D eigenvalue weighted by atomic mass is 10.1. The van der Waals surface area contributed by atoms with Gasteiger partial charge in [0.15, 0.2) is 0 Å². The lowest BCUT2D eigenvalue weighted by Crippen LogP contribution is -2.32. The number of nitrogens with zero attached hydrogens (tertiary/aromatic N) is 1. The molecule has 0 aliphatic rings. The van der Waals surface area contributed by atoms with Crippen LogP contribution in [0.1, 0.15) is 15.2 Å². The van der Waals surface area contributed by atoms with Gasteiger partial charge >= 0.3 is 0 Å². The maximum absolute atomic E-state index is 14.5. The lowest BCUT2D eigenvalue weighted by molar-refractivity contribution is 0.0799. The second-order valence-electron chi connectivity index (χ2n) is 5.95. The smallest absolute Gasteiger partial charge is 0.264 e. The number of likely N-dealkylation sites (N-methyl/N-ethyl adjacent to an activating group) is 2. The van der Waals surface area contributed by atoms with E-state index in [1.54, 1.807) is 18.0 Å². The van der Waals surface area contributed by atoms with Gasteiger partial charge in [-0.15, -0.1) is 23.7 Å². The minimum atomic E-state index is -0.331. The Balaban J connectivity index is 0.00000261. The van der Waals surface area contributed by atoms with Gasteiger partial charge in [-0.1, -0.05) is 24.3 Å². The highest BCUT2D eigenvalue weighted by molar-refractivity contribution is 7.21. The van der Waals surface area contributed by atoms with Crippen molar-refractivity contribution < 1.29 is 13.9 Å². The second kappa shape index (κ2) is 9.69. The van der Waals surface area contributed by atoms with E-state index in [0.717, 1.165) is 4.70 Å². The fourth-order valence-corrected chi connectivity index (χ4v) is 3.92. The van der Waals surface area contributed by atoms with E-state index in [4.69, 9.17) is 4.74 Å². The third kappa shape index (κ3) is 4.77. The first kappa shape index (κ1) is 21.2. The summed E-state index contributed by atoms with van der Waals surface area (Å²) in [5.41, 5.74) is 0.605. The molecule has 0 unspecified atom stereocenters. The standard InChI is InChI=1S/C20H21FN2O2S.ClH/c1-22-11-12-23(2)20(24)19-15(13-25-14-7-4-3-5-8-14)18-16(21)9-6-10-17(18)26-19;/h3-10,22H,11-13H2,1-2H3;1H. The molecule has 2 aromatic carbocycles. The van der Waals surface area contributed by atoms with E-state index < -0.39 is 0 Å². The molecule has 0 fully saturated rings. The van der Waals surface area contributed by atoms with Gasteiger partial charge in [-0.3, -0.25) is 4.79 Å². The van der Waals surface area contributed by atoms with Crippen LogP contribution in [0.4, 0.5) is 4.39 Å². The van der Waals surface area contributed by atoms with Crippen LogP contribution < -0.4 is 10.1 Å². The number of halogens is 2. The minimum Gasteiger partial charge on any atom is -0.489 e. The Hall–Kier alpha value is -2.15. The third-order valence-corrected chi connectivity index (χ3v) is 5.31. The molecular formula is C20H22ClFN2O2S. The Morgan fingerprint density at radius 1 is 1.19 bits per heavy atom. The molecule has 4 nitrogen and oxygen atoms in total. The van der Waals surface area contributed by atoms with Crippen molar-refractivity contribution in [1.82, 2.24) is 10.2 Å². The molecule has 0 bridgehead atoms. The SMILES string of the molecule is CNCCN(C)C(=O)c1sc2cccc(F)c2c1COc1ccccc1.Cl. The Bertz CT molecular complexity index is 902. The van der Waals surface area contributed by atoms with Crippen LogP contribution in [0.2, 0.25) is 0 Å². The van der Waals surface area contributed by atoms with Crippen LogP contribution in [0.25, 0.3) is 10.1 Å². The van der Waals surface area contributed by atoms with Gasteiger partial charge in [0.2, 0.25) is 0 Å². The first-order chi connectivity index (χ1) is 12.6. The van der Waals surface area contributed by atoms with Crippen molar-refractivity contribution in [2.45, 2.75) is 6.61 Å². The summed E-state index contributed by atoms with van der Waals surface area (Å²) in [6.07, 6.45) is 0. The number of carbonyl (C=O) groups is 1. The number of thiophene rings is 1. The van der Waals surface area contributed by atoms with Gasteiger partial charge in [-0.2, -0.15) is 0 Å². The van der Waals surface area contributed by atoms with Crippen LogP contribution in [0.5, 0.6) is 5.75 Å². The van der Waals surface area contributed by atoms with Crippen molar-refractivity contribution in [1.29, 1.82) is 0 Å². The van der Waals surface area contributed by atoms with Crippen molar-refractivity contribution in [2.75, 3.05) is 27.2 Å². The largest absolute Gasteiger partial charge is 0.489 e. The zero-order chi connectivity index (χ0) is 18.5. The second-order valence-corrected chi connectivity index (χ2v) is 7.01. The number of amides is 1. The first-order valence-electron chi connectivity index (χ1n) is 8.39. The Kier molecular flexibility index (Phi) is 7.59. The van der Waals surface area contributed by atoms with E-state index in [9.17, 15) is 9.18 Å². The van der Waals surface area contributed by atoms with Crippen LogP contribution in [0, 0.1) is 5.82 Å². The Morgan fingerprint density at radius 2 is 1.93 bits per heavy atom. The average molecular weight is 409 g/mol. The minimum absolute atomic E-state index is 0. The van der Waals surface area contributed by atoms with Crippen LogP contribution in [-0.2, 0) is 6.61 Å². The molecule has 144 valence electrons. The molecule has 27 heavy (non-hydrogen) atoms. The van der Waals surface area contributed by atoms with Gasteiger partial charge in [0.25, 0.3) is 5.91 Å². The van der Waals surface area contributed by atoms with Gasteiger partial charge in [0.05, 0.1) is 4.88 Å². The fraction of sp³-hybridized carbons (Fsp3) is 0.250. The van der Waals surface area contributed by atoms with Crippen molar-refractivity contribution in [3.8, 4) is 5.75 Å². The van der Waals surface area contributed by atoms with Crippen LogP contribution in [-0.4, -0.2) is 38.0 Å². The fourth-order valence-electron chi connectivity index (χ4n) is 2.70. The molecule has 0 atom stereocenters. The van der Waals surface area contributed by atoms with Crippen LogP contribution >= 0.6 is 23.7 Å². The average Bonchev–Trinajstić information content (AvgIpc) is 3.04. The first-order valence-corrected chi connectivity index (χ1v) is 9.21. The number of hydrogen-bond donors (Lipinski definition) is 1. The van der Waals surface area contributed by atoms with Crippen molar-refractivity contribution >= 4 is 39.7 Å². The topological polar surface area (TPSA) is 41.6 Å². The van der Waals surface area contributed by atoms with E-state index in [2.05, 4.69) is 5.32 Å². The van der Waals surface area contributed by atoms with Gasteiger partial charge < -0.3 is 15.0 Å². The summed E-state index contributed by atoms with van der Waals surface area (Å²) in [5, 5.41) is 3.50. The molecule has 3 aromatic rings. The quantitative estimate of drug-likeness (QED) is 0.632. The molecule has 1 aromatic heterocycles. The van der Waals surface area contributed by atoms with Crippen molar-refractivity contribution in [3.63, 3.8) is 0 Å². The van der Waals surface area contributed by atoms with Gasteiger partial charge in [0, 0.05) is 35.8 Å². The zero-order valence-corrected chi connectivity index (χ0v) is 16.8. The van der Waals surface area contributed by atoms with Crippen LogP contribution in [0.15, 0.2) is 48.5 Å². The summed E-state index contributed by atoms with van der Waals surface area (Å²) in [4.78, 5) is 15.1. The maximum Gasteiger partial charge on any atom is 0.264 e. The highest BCUT2D eigenvalue weighted by Crippen LogP contribution is 2.34. The molecule has 0 saturated carbocycles. The van der Waals surface area contributed by atoms with Crippen molar-refractivity contribution in [3.05, 3.63) is 64.8 Å². The number of hydrogen-bond acceptors (Lipinski definition) is 4. The summed E-state index contributed by atoms with van der Waals surface area (Å²) in [6, 6.07) is 14.2. The van der Waals surface area contributed by atoms with E-state index in [0.29, 0.717) is 34.7 Å². The summed E-state index contributed by atoms with van der Waals surface area (Å²) < 4.78 is 21.0. The number of benzene rings is 2. The number of ether oxygens (including phenoxy) is 1. The summed E-state index contributed by atoms with van der Waals surface area (Å²) in [5.74, 6) is 0.236. The molecule has 0 aliphatic carbocycles. The van der Waals surface area contributed by atoms with Crippen LogP contribution in [0.3, 0.4) is 0 Å². The molecule has 1 heterocycles. The van der Waals surface area contributed by atoms with E-state index in [1.165, 1.54) is 17.4 Å². The highest BCUT2D eigenvalue weighted by atomic mass is 35.5. The molecule has 1 amide bonds. The lowest BCUT2D eigenvalue weighted by Gasteiger charge is -2.17.